The molecule has 1 aromatic carbocycles. The van der Waals surface area contributed by atoms with Crippen LogP contribution in [0.1, 0.15) is 22.3 Å². The van der Waals surface area contributed by atoms with Crippen LogP contribution in [0, 0.1) is 27.7 Å². The summed E-state index contributed by atoms with van der Waals surface area (Å²) in [5.74, 6) is 0.188. The molecule has 1 heteroatoms. The molecule has 0 saturated heterocycles. The molecule has 1 aromatic rings. The van der Waals surface area contributed by atoms with Crippen LogP contribution in [-0.2, 0) is 5.11 Å². The Kier molecular flexibility index (Phi) is 1.90. The minimum atomic E-state index is 0.188. The van der Waals surface area contributed by atoms with Crippen molar-refractivity contribution in [3.05, 3.63) is 28.3 Å². The van der Waals surface area contributed by atoms with Gasteiger partial charge in [-0.25, -0.2) is 0 Å². The Labute approximate surface area is 67.7 Å². The fourth-order valence-electron chi connectivity index (χ4n) is 1.26. The molecule has 0 saturated carbocycles. The van der Waals surface area contributed by atoms with Crippen molar-refractivity contribution in [2.24, 2.45) is 0 Å². The van der Waals surface area contributed by atoms with E-state index in [2.05, 4.69) is 0 Å². The number of rotatable bonds is 0. The summed E-state index contributed by atoms with van der Waals surface area (Å²) in [5, 5.41) is 11.3. The van der Waals surface area contributed by atoms with Gasteiger partial charge in [-0.3, -0.25) is 5.11 Å². The lowest BCUT2D eigenvalue weighted by Gasteiger charge is -2.06. The lowest BCUT2D eigenvalue weighted by molar-refractivity contribution is 0.348. The molecule has 0 bridgehead atoms. The summed E-state index contributed by atoms with van der Waals surface area (Å²) in [4.78, 5) is 0. The molecular formula is C10H13O. The molecule has 0 atom stereocenters. The molecule has 1 rings (SSSR count). The van der Waals surface area contributed by atoms with Crippen LogP contribution < -0.4 is 0 Å². The molecule has 0 spiro atoms. The molecule has 0 N–H and O–H groups in total. The van der Waals surface area contributed by atoms with Gasteiger partial charge >= 0.3 is 0 Å². The van der Waals surface area contributed by atoms with Gasteiger partial charge in [-0.05, 0) is 49.9 Å². The number of hydrogen-bond donors (Lipinski definition) is 0. The average Bonchev–Trinajstić information content (AvgIpc) is 1.97. The summed E-state index contributed by atoms with van der Waals surface area (Å²) in [5.41, 5.74) is 4.08. The van der Waals surface area contributed by atoms with Crippen LogP contribution in [0.2, 0.25) is 0 Å². The Balaban J connectivity index is 3.46. The molecule has 0 unspecified atom stereocenters. The lowest BCUT2D eigenvalue weighted by Crippen LogP contribution is -1.88. The minimum absolute atomic E-state index is 0.188. The maximum Gasteiger partial charge on any atom is 0.184 e. The summed E-state index contributed by atoms with van der Waals surface area (Å²) >= 11 is 0. The maximum atomic E-state index is 11.3. The van der Waals surface area contributed by atoms with Gasteiger partial charge < -0.3 is 0 Å². The van der Waals surface area contributed by atoms with Crippen LogP contribution in [0.4, 0.5) is 0 Å². The van der Waals surface area contributed by atoms with Crippen molar-refractivity contribution in [3.8, 4) is 5.75 Å². The predicted octanol–water partition coefficient (Wildman–Crippen LogP) is 3.06. The van der Waals surface area contributed by atoms with Crippen molar-refractivity contribution in [1.82, 2.24) is 0 Å². The summed E-state index contributed by atoms with van der Waals surface area (Å²) in [7, 11) is 0. The first-order chi connectivity index (χ1) is 5.04. The van der Waals surface area contributed by atoms with Crippen LogP contribution in [0.25, 0.3) is 0 Å². The third kappa shape index (κ3) is 1.23. The normalized spacial score (nSPS) is 10.2. The standard InChI is InChI=1S/C10H13O/c1-6-5-7(2)10(11)9(4)8(6)3/h5H,1-4H3. The molecule has 1 nitrogen and oxygen atoms in total. The Morgan fingerprint density at radius 1 is 0.909 bits per heavy atom. The van der Waals surface area contributed by atoms with E-state index in [9.17, 15) is 5.11 Å². The Hall–Kier alpha value is -0.980. The van der Waals surface area contributed by atoms with Crippen LogP contribution >= 0.6 is 0 Å². The van der Waals surface area contributed by atoms with Crippen LogP contribution in [0.15, 0.2) is 6.07 Å². The zero-order valence-corrected chi connectivity index (χ0v) is 7.49. The van der Waals surface area contributed by atoms with Gasteiger partial charge in [0, 0.05) is 0 Å². The summed E-state index contributed by atoms with van der Waals surface area (Å²) in [6, 6.07) is 1.95. The Morgan fingerprint density at radius 3 is 2.00 bits per heavy atom. The molecule has 0 aliphatic heterocycles. The van der Waals surface area contributed by atoms with E-state index in [1.165, 1.54) is 5.56 Å². The molecule has 11 heavy (non-hydrogen) atoms. The van der Waals surface area contributed by atoms with E-state index in [-0.39, 0.29) is 5.75 Å². The van der Waals surface area contributed by atoms with E-state index in [1.54, 1.807) is 0 Å². The molecular weight excluding hydrogens is 136 g/mol. The van der Waals surface area contributed by atoms with Crippen molar-refractivity contribution in [2.45, 2.75) is 27.7 Å². The van der Waals surface area contributed by atoms with Crippen LogP contribution in [-0.4, -0.2) is 0 Å². The summed E-state index contributed by atoms with van der Waals surface area (Å²) in [6.07, 6.45) is 0. The number of hydrogen-bond acceptors (Lipinski definition) is 0. The first kappa shape index (κ1) is 8.12. The molecule has 0 fully saturated rings. The zero-order valence-electron chi connectivity index (χ0n) is 7.49. The highest BCUT2D eigenvalue weighted by atomic mass is 16.3. The molecule has 0 heterocycles. The minimum Gasteiger partial charge on any atom is -0.289 e. The highest BCUT2D eigenvalue weighted by Gasteiger charge is 2.06. The number of aryl methyl sites for hydroxylation is 2. The lowest BCUT2D eigenvalue weighted by atomic mass is 10.00. The van der Waals surface area contributed by atoms with Crippen LogP contribution in [0.5, 0.6) is 5.75 Å². The largest absolute Gasteiger partial charge is 0.289 e. The van der Waals surface area contributed by atoms with Crippen molar-refractivity contribution >= 4 is 0 Å². The average molecular weight is 149 g/mol. The van der Waals surface area contributed by atoms with E-state index < -0.39 is 0 Å². The third-order valence-electron chi connectivity index (χ3n) is 2.29. The van der Waals surface area contributed by atoms with Gasteiger partial charge in [-0.15, -0.1) is 0 Å². The second kappa shape index (κ2) is 2.57. The molecule has 0 aliphatic rings. The Morgan fingerprint density at radius 2 is 1.45 bits per heavy atom. The fourth-order valence-corrected chi connectivity index (χ4v) is 1.26. The van der Waals surface area contributed by atoms with Crippen molar-refractivity contribution in [1.29, 1.82) is 0 Å². The van der Waals surface area contributed by atoms with E-state index in [4.69, 9.17) is 0 Å². The van der Waals surface area contributed by atoms with E-state index in [0.29, 0.717) is 0 Å². The SMILES string of the molecule is Cc1cc(C)c([O])c(C)c1C. The van der Waals surface area contributed by atoms with E-state index >= 15 is 0 Å². The molecule has 1 radical (unpaired) electrons. The van der Waals surface area contributed by atoms with Gasteiger partial charge in [-0.1, -0.05) is 6.07 Å². The first-order valence-corrected chi connectivity index (χ1v) is 3.78. The molecule has 0 aliphatic carbocycles. The topological polar surface area (TPSA) is 19.9 Å². The van der Waals surface area contributed by atoms with Gasteiger partial charge in [0.15, 0.2) is 5.75 Å². The second-order valence-corrected chi connectivity index (χ2v) is 3.09. The highest BCUT2D eigenvalue weighted by Crippen LogP contribution is 2.27. The summed E-state index contributed by atoms with van der Waals surface area (Å²) < 4.78 is 0. The molecule has 0 amide bonds. The smallest absolute Gasteiger partial charge is 0.184 e. The van der Waals surface area contributed by atoms with E-state index in [0.717, 1.165) is 16.7 Å². The second-order valence-electron chi connectivity index (χ2n) is 3.09. The van der Waals surface area contributed by atoms with Gasteiger partial charge in [0.2, 0.25) is 0 Å². The quantitative estimate of drug-likeness (QED) is 0.540. The summed E-state index contributed by atoms with van der Waals surface area (Å²) in [6.45, 7) is 7.78. The van der Waals surface area contributed by atoms with Gasteiger partial charge in [-0.2, -0.15) is 0 Å². The van der Waals surface area contributed by atoms with Gasteiger partial charge in [0.1, 0.15) is 0 Å². The third-order valence-corrected chi connectivity index (χ3v) is 2.29. The van der Waals surface area contributed by atoms with Crippen molar-refractivity contribution < 1.29 is 5.11 Å². The van der Waals surface area contributed by atoms with Gasteiger partial charge in [0.25, 0.3) is 0 Å². The maximum absolute atomic E-state index is 11.3. The first-order valence-electron chi connectivity index (χ1n) is 3.78. The van der Waals surface area contributed by atoms with Gasteiger partial charge in [0.05, 0.1) is 0 Å². The fraction of sp³-hybridized carbons (Fsp3) is 0.400. The predicted molar refractivity (Wildman–Crippen MR) is 45.5 cm³/mol. The van der Waals surface area contributed by atoms with E-state index in [1.807, 2.05) is 33.8 Å². The van der Waals surface area contributed by atoms with Crippen LogP contribution in [0.3, 0.4) is 0 Å². The molecule has 0 aromatic heterocycles. The highest BCUT2D eigenvalue weighted by molar-refractivity contribution is 5.47. The molecule has 59 valence electrons. The Bertz CT molecular complexity index is 261. The number of benzene rings is 1. The monoisotopic (exact) mass is 149 g/mol. The van der Waals surface area contributed by atoms with Crippen molar-refractivity contribution in [3.63, 3.8) is 0 Å². The zero-order chi connectivity index (χ0) is 8.59. The van der Waals surface area contributed by atoms with Crippen molar-refractivity contribution in [2.75, 3.05) is 0 Å².